The van der Waals surface area contributed by atoms with Crippen LogP contribution in [0, 0.1) is 5.41 Å². The van der Waals surface area contributed by atoms with E-state index in [0.717, 1.165) is 29.6 Å². The summed E-state index contributed by atoms with van der Waals surface area (Å²) in [6.07, 6.45) is 4.14. The number of aromatic nitrogens is 1. The lowest BCUT2D eigenvalue weighted by molar-refractivity contribution is 0.322. The van der Waals surface area contributed by atoms with E-state index in [1.54, 1.807) is 17.6 Å². The Balaban J connectivity index is 0.00000208. The molecule has 0 aromatic carbocycles. The monoisotopic (exact) mass is 460 g/mol. The maximum Gasteiger partial charge on any atom is 0.236 e. The van der Waals surface area contributed by atoms with Gasteiger partial charge in [0.05, 0.1) is 17.1 Å². The molecule has 0 bridgehead atoms. The fourth-order valence-corrected chi connectivity index (χ4v) is 3.55. The van der Waals surface area contributed by atoms with Crippen LogP contribution >= 0.6 is 35.3 Å². The van der Waals surface area contributed by atoms with Crippen LogP contribution in [0.15, 0.2) is 33.2 Å². The van der Waals surface area contributed by atoms with Gasteiger partial charge < -0.3 is 14.6 Å². The summed E-state index contributed by atoms with van der Waals surface area (Å²) in [5, 5.41) is 5.43. The van der Waals surface area contributed by atoms with Crippen molar-refractivity contribution in [3.8, 4) is 10.8 Å². The number of nitrogens with one attached hydrogen (secondary N) is 1. The van der Waals surface area contributed by atoms with Crippen LogP contribution in [0.4, 0.5) is 0 Å². The first-order valence-corrected chi connectivity index (χ1v) is 8.95. The second-order valence-corrected chi connectivity index (χ2v) is 7.31. The number of halogens is 1. The molecule has 2 aromatic rings. The molecule has 3 heterocycles. The zero-order chi connectivity index (χ0) is 16.3. The van der Waals surface area contributed by atoms with Crippen molar-refractivity contribution in [2.75, 3.05) is 20.1 Å². The first kappa shape index (κ1) is 19.2. The van der Waals surface area contributed by atoms with Gasteiger partial charge in [-0.2, -0.15) is 0 Å². The van der Waals surface area contributed by atoms with E-state index < -0.39 is 0 Å². The normalized spacial score (nSPS) is 21.0. The van der Waals surface area contributed by atoms with Crippen LogP contribution in [0.1, 0.15) is 32.4 Å². The largest absolute Gasteiger partial charge is 0.443 e. The lowest BCUT2D eigenvalue weighted by atomic mass is 9.87. The summed E-state index contributed by atoms with van der Waals surface area (Å²) in [6, 6.07) is 4.02. The summed E-state index contributed by atoms with van der Waals surface area (Å²) in [5.41, 5.74) is 1.30. The average molecular weight is 460 g/mol. The van der Waals surface area contributed by atoms with Gasteiger partial charge in [0.1, 0.15) is 6.26 Å². The molecule has 1 fully saturated rings. The summed E-state index contributed by atoms with van der Waals surface area (Å²) in [5.74, 6) is 1.63. The van der Waals surface area contributed by atoms with Gasteiger partial charge in [0.25, 0.3) is 0 Å². The Morgan fingerprint density at radius 3 is 3.00 bits per heavy atom. The second-order valence-electron chi connectivity index (χ2n) is 6.36. The lowest BCUT2D eigenvalue weighted by Gasteiger charge is -2.25. The van der Waals surface area contributed by atoms with Crippen molar-refractivity contribution < 1.29 is 4.42 Å². The molecule has 0 spiro atoms. The Bertz CT molecular complexity index is 670. The SMILES string of the molecule is CCC1(C)CCN(C(=NC)NCc2coc(-c3cccs3)n2)C1.I. The maximum absolute atomic E-state index is 5.56. The fraction of sp³-hybridized carbons (Fsp3) is 0.529. The minimum absolute atomic E-state index is 0. The van der Waals surface area contributed by atoms with Crippen molar-refractivity contribution in [1.82, 2.24) is 15.2 Å². The Morgan fingerprint density at radius 2 is 2.38 bits per heavy atom. The Kier molecular flexibility index (Phi) is 6.68. The van der Waals surface area contributed by atoms with Gasteiger partial charge in [0.15, 0.2) is 5.96 Å². The van der Waals surface area contributed by atoms with E-state index in [0.29, 0.717) is 17.9 Å². The molecule has 1 aliphatic rings. The van der Waals surface area contributed by atoms with Crippen molar-refractivity contribution in [3.63, 3.8) is 0 Å². The number of likely N-dealkylation sites (tertiary alicyclic amines) is 1. The Hall–Kier alpha value is -1.09. The molecule has 5 nitrogen and oxygen atoms in total. The quantitative estimate of drug-likeness (QED) is 0.422. The number of rotatable bonds is 4. The molecule has 1 atom stereocenters. The molecule has 24 heavy (non-hydrogen) atoms. The van der Waals surface area contributed by atoms with Gasteiger partial charge >= 0.3 is 0 Å². The molecular weight excluding hydrogens is 435 g/mol. The predicted octanol–water partition coefficient (Wildman–Crippen LogP) is 4.22. The lowest BCUT2D eigenvalue weighted by Crippen LogP contribution is -2.40. The number of nitrogens with zero attached hydrogens (tertiary/aromatic N) is 3. The van der Waals surface area contributed by atoms with E-state index in [9.17, 15) is 0 Å². The van der Waals surface area contributed by atoms with Crippen LogP contribution in [-0.2, 0) is 6.54 Å². The first-order valence-electron chi connectivity index (χ1n) is 8.07. The van der Waals surface area contributed by atoms with Crippen LogP contribution in [0.25, 0.3) is 10.8 Å². The predicted molar refractivity (Wildman–Crippen MR) is 110 cm³/mol. The van der Waals surface area contributed by atoms with Gasteiger partial charge in [-0.3, -0.25) is 4.99 Å². The standard InChI is InChI=1S/C17H24N4OS.HI/c1-4-17(2)7-8-21(12-17)16(18-3)19-10-13-11-22-15(20-13)14-6-5-9-23-14;/h5-6,9,11H,4,7-8,10,12H2,1-3H3,(H,18,19);1H. The van der Waals surface area contributed by atoms with E-state index in [1.165, 1.54) is 12.8 Å². The molecular formula is C17H25IN4OS. The zero-order valence-corrected chi connectivity index (χ0v) is 17.6. The average Bonchev–Trinajstić information content (AvgIpc) is 3.28. The third kappa shape index (κ3) is 4.30. The number of hydrogen-bond acceptors (Lipinski definition) is 4. The molecule has 1 saturated heterocycles. The van der Waals surface area contributed by atoms with E-state index in [4.69, 9.17) is 4.42 Å². The summed E-state index contributed by atoms with van der Waals surface area (Å²) in [7, 11) is 1.84. The van der Waals surface area contributed by atoms with Crippen molar-refractivity contribution >= 4 is 41.3 Å². The topological polar surface area (TPSA) is 53.7 Å². The molecule has 3 rings (SSSR count). The van der Waals surface area contributed by atoms with Crippen LogP contribution in [0.3, 0.4) is 0 Å². The van der Waals surface area contributed by atoms with Crippen LogP contribution < -0.4 is 5.32 Å². The molecule has 2 aromatic heterocycles. The van der Waals surface area contributed by atoms with Crippen molar-refractivity contribution in [2.45, 2.75) is 33.2 Å². The van der Waals surface area contributed by atoms with Crippen LogP contribution in [-0.4, -0.2) is 36.0 Å². The summed E-state index contributed by atoms with van der Waals surface area (Å²) < 4.78 is 5.56. The first-order chi connectivity index (χ1) is 11.1. The molecule has 1 N–H and O–H groups in total. The number of aliphatic imine (C=N–C) groups is 1. The third-order valence-electron chi connectivity index (χ3n) is 4.63. The Morgan fingerprint density at radius 1 is 1.54 bits per heavy atom. The highest BCUT2D eigenvalue weighted by molar-refractivity contribution is 14.0. The van der Waals surface area contributed by atoms with E-state index >= 15 is 0 Å². The number of oxazole rings is 1. The van der Waals surface area contributed by atoms with Crippen molar-refractivity contribution in [2.24, 2.45) is 10.4 Å². The van der Waals surface area contributed by atoms with E-state index in [-0.39, 0.29) is 24.0 Å². The van der Waals surface area contributed by atoms with Gasteiger partial charge in [0.2, 0.25) is 5.89 Å². The summed E-state index contributed by atoms with van der Waals surface area (Å²) in [6.45, 7) is 7.36. The molecule has 132 valence electrons. The van der Waals surface area contributed by atoms with Gasteiger partial charge in [-0.25, -0.2) is 4.98 Å². The summed E-state index contributed by atoms with van der Waals surface area (Å²) >= 11 is 1.63. The maximum atomic E-state index is 5.56. The molecule has 7 heteroatoms. The highest BCUT2D eigenvalue weighted by Gasteiger charge is 2.33. The van der Waals surface area contributed by atoms with Crippen molar-refractivity contribution in [3.05, 3.63) is 29.5 Å². The highest BCUT2D eigenvalue weighted by atomic mass is 127. The van der Waals surface area contributed by atoms with Gasteiger partial charge in [-0.1, -0.05) is 19.9 Å². The zero-order valence-electron chi connectivity index (χ0n) is 14.4. The molecule has 0 amide bonds. The van der Waals surface area contributed by atoms with Crippen LogP contribution in [0.5, 0.6) is 0 Å². The number of thiophene rings is 1. The smallest absolute Gasteiger partial charge is 0.236 e. The Labute approximate surface area is 164 Å². The molecule has 0 saturated carbocycles. The molecule has 0 aliphatic carbocycles. The minimum Gasteiger partial charge on any atom is -0.443 e. The number of hydrogen-bond donors (Lipinski definition) is 1. The minimum atomic E-state index is 0. The third-order valence-corrected chi connectivity index (χ3v) is 5.49. The summed E-state index contributed by atoms with van der Waals surface area (Å²) in [4.78, 5) is 12.3. The van der Waals surface area contributed by atoms with Gasteiger partial charge in [-0.05, 0) is 29.7 Å². The molecule has 0 radical (unpaired) electrons. The molecule has 1 aliphatic heterocycles. The van der Waals surface area contributed by atoms with Gasteiger partial charge in [-0.15, -0.1) is 35.3 Å². The highest BCUT2D eigenvalue weighted by Crippen LogP contribution is 2.32. The number of guanidine groups is 1. The molecule has 1 unspecified atom stereocenters. The van der Waals surface area contributed by atoms with Crippen molar-refractivity contribution in [1.29, 1.82) is 0 Å². The fourth-order valence-electron chi connectivity index (χ4n) is 2.90. The van der Waals surface area contributed by atoms with E-state index in [1.807, 2.05) is 24.6 Å². The van der Waals surface area contributed by atoms with E-state index in [2.05, 4.69) is 34.0 Å². The van der Waals surface area contributed by atoms with Crippen LogP contribution in [0.2, 0.25) is 0 Å². The van der Waals surface area contributed by atoms with Gasteiger partial charge in [0, 0.05) is 20.1 Å². The second kappa shape index (κ2) is 8.33.